The van der Waals surface area contributed by atoms with Crippen LogP contribution in [0.25, 0.3) is 6.08 Å². The summed E-state index contributed by atoms with van der Waals surface area (Å²) in [6.45, 7) is 0. The summed E-state index contributed by atoms with van der Waals surface area (Å²) >= 11 is 0. The first-order valence-corrected chi connectivity index (χ1v) is 6.18. The lowest BCUT2D eigenvalue weighted by Gasteiger charge is -2.11. The average molecular weight is 292 g/mol. The van der Waals surface area contributed by atoms with Gasteiger partial charge in [-0.1, -0.05) is 12.1 Å². The van der Waals surface area contributed by atoms with Gasteiger partial charge in [0.25, 0.3) is 0 Å². The molecule has 0 aromatic heterocycles. The van der Waals surface area contributed by atoms with E-state index in [1.54, 1.807) is 24.3 Å². The van der Waals surface area contributed by atoms with Gasteiger partial charge in [0.15, 0.2) is 0 Å². The molecule has 112 valence electrons. The zero-order chi connectivity index (χ0) is 15.8. The molecule has 0 bridgehead atoms. The molecule has 5 N–H and O–H groups in total. The standard InChI is InChI=1S/C14H16N2O5/c15-11(6-8-13(19)20)14(21)16-10-4-1-9(2-5-10)3-7-12(17)18/h1-5,7,11H,6,8,15H2,(H,16,21)(H,17,18)(H,19,20)/b7-3+. The molecule has 7 nitrogen and oxygen atoms in total. The number of carboxylic acid groups (broad SMARTS) is 2. The number of aliphatic carboxylic acids is 2. The smallest absolute Gasteiger partial charge is 0.328 e. The second-order valence-corrected chi connectivity index (χ2v) is 4.32. The number of carbonyl (C=O) groups is 3. The number of benzene rings is 1. The number of amides is 1. The maximum Gasteiger partial charge on any atom is 0.328 e. The Kier molecular flexibility index (Phi) is 6.09. The fourth-order valence-corrected chi connectivity index (χ4v) is 1.49. The third kappa shape index (κ3) is 6.35. The summed E-state index contributed by atoms with van der Waals surface area (Å²) in [7, 11) is 0. The molecule has 0 aliphatic heterocycles. The van der Waals surface area contributed by atoms with Gasteiger partial charge < -0.3 is 21.3 Å². The summed E-state index contributed by atoms with van der Waals surface area (Å²) in [6.07, 6.45) is 2.32. The van der Waals surface area contributed by atoms with Crippen LogP contribution in [0, 0.1) is 0 Å². The van der Waals surface area contributed by atoms with E-state index < -0.39 is 23.9 Å². The minimum Gasteiger partial charge on any atom is -0.481 e. The fourth-order valence-electron chi connectivity index (χ4n) is 1.49. The third-order valence-corrected chi connectivity index (χ3v) is 2.60. The summed E-state index contributed by atoms with van der Waals surface area (Å²) in [5, 5.41) is 19.6. The zero-order valence-electron chi connectivity index (χ0n) is 11.2. The van der Waals surface area contributed by atoms with Gasteiger partial charge >= 0.3 is 11.9 Å². The minimum atomic E-state index is -1.04. The van der Waals surface area contributed by atoms with Gasteiger partial charge in [-0.2, -0.15) is 0 Å². The minimum absolute atomic E-state index is 0.0562. The lowest BCUT2D eigenvalue weighted by atomic mass is 10.1. The predicted molar refractivity (Wildman–Crippen MR) is 76.6 cm³/mol. The van der Waals surface area contributed by atoms with Gasteiger partial charge in [-0.25, -0.2) is 4.79 Å². The van der Waals surface area contributed by atoms with Crippen LogP contribution in [-0.2, 0) is 14.4 Å². The van der Waals surface area contributed by atoms with Gasteiger partial charge in [-0.15, -0.1) is 0 Å². The van der Waals surface area contributed by atoms with E-state index in [0.29, 0.717) is 11.3 Å². The van der Waals surface area contributed by atoms with E-state index in [4.69, 9.17) is 15.9 Å². The van der Waals surface area contributed by atoms with Crippen molar-refractivity contribution in [2.24, 2.45) is 5.73 Å². The molecule has 0 aliphatic carbocycles. The molecule has 0 heterocycles. The first kappa shape index (κ1) is 16.4. The van der Waals surface area contributed by atoms with Crippen molar-refractivity contribution in [2.75, 3.05) is 5.32 Å². The Morgan fingerprint density at radius 1 is 1.19 bits per heavy atom. The summed E-state index contributed by atoms with van der Waals surface area (Å²) in [5.41, 5.74) is 6.74. The van der Waals surface area contributed by atoms with Crippen molar-refractivity contribution in [1.82, 2.24) is 0 Å². The predicted octanol–water partition coefficient (Wildman–Crippen LogP) is 0.915. The largest absolute Gasteiger partial charge is 0.481 e. The number of anilines is 1. The molecule has 0 spiro atoms. The van der Waals surface area contributed by atoms with Crippen molar-refractivity contribution < 1.29 is 24.6 Å². The molecule has 7 heteroatoms. The van der Waals surface area contributed by atoms with Gasteiger partial charge in [0, 0.05) is 18.2 Å². The highest BCUT2D eigenvalue weighted by Crippen LogP contribution is 2.11. The van der Waals surface area contributed by atoms with E-state index in [1.165, 1.54) is 6.08 Å². The van der Waals surface area contributed by atoms with E-state index in [1.807, 2.05) is 0 Å². The topological polar surface area (TPSA) is 130 Å². The van der Waals surface area contributed by atoms with Crippen molar-refractivity contribution in [3.8, 4) is 0 Å². The van der Waals surface area contributed by atoms with Crippen LogP contribution in [0.2, 0.25) is 0 Å². The third-order valence-electron chi connectivity index (χ3n) is 2.60. The van der Waals surface area contributed by atoms with Crippen LogP contribution in [0.3, 0.4) is 0 Å². The van der Waals surface area contributed by atoms with Gasteiger partial charge in [-0.3, -0.25) is 9.59 Å². The van der Waals surface area contributed by atoms with Crippen LogP contribution in [0.15, 0.2) is 30.3 Å². The Hall–Kier alpha value is -2.67. The molecular formula is C14H16N2O5. The maximum atomic E-state index is 11.7. The lowest BCUT2D eigenvalue weighted by molar-refractivity contribution is -0.137. The van der Waals surface area contributed by atoms with Crippen molar-refractivity contribution in [3.63, 3.8) is 0 Å². The number of hydrogen-bond acceptors (Lipinski definition) is 4. The van der Waals surface area contributed by atoms with Gasteiger partial charge in [0.1, 0.15) is 0 Å². The summed E-state index contributed by atoms with van der Waals surface area (Å²) < 4.78 is 0. The Balaban J connectivity index is 2.56. The number of nitrogens with one attached hydrogen (secondary N) is 1. The molecule has 1 amide bonds. The number of carbonyl (C=O) groups excluding carboxylic acids is 1. The van der Waals surface area contributed by atoms with E-state index in [0.717, 1.165) is 6.08 Å². The molecule has 0 aliphatic rings. The van der Waals surface area contributed by atoms with E-state index >= 15 is 0 Å². The maximum absolute atomic E-state index is 11.7. The zero-order valence-corrected chi connectivity index (χ0v) is 11.2. The van der Waals surface area contributed by atoms with Gasteiger partial charge in [-0.05, 0) is 30.2 Å². The molecule has 0 radical (unpaired) electrons. The van der Waals surface area contributed by atoms with Crippen LogP contribution in [-0.4, -0.2) is 34.1 Å². The van der Waals surface area contributed by atoms with Crippen molar-refractivity contribution >= 4 is 29.6 Å². The number of nitrogens with two attached hydrogens (primary N) is 1. The molecule has 0 fully saturated rings. The molecule has 1 aromatic rings. The molecule has 0 saturated carbocycles. The summed E-state index contributed by atoms with van der Waals surface area (Å²) in [6, 6.07) is 5.58. The van der Waals surface area contributed by atoms with Gasteiger partial charge in [0.05, 0.1) is 6.04 Å². The number of hydrogen-bond donors (Lipinski definition) is 4. The lowest BCUT2D eigenvalue weighted by Crippen LogP contribution is -2.36. The first-order valence-electron chi connectivity index (χ1n) is 6.18. The SMILES string of the molecule is NC(CCC(=O)O)C(=O)Nc1ccc(/C=C/C(=O)O)cc1. The Bertz CT molecular complexity index is 551. The van der Waals surface area contributed by atoms with Crippen molar-refractivity contribution in [2.45, 2.75) is 18.9 Å². The van der Waals surface area contributed by atoms with Gasteiger partial charge in [0.2, 0.25) is 5.91 Å². The monoisotopic (exact) mass is 292 g/mol. The highest BCUT2D eigenvalue weighted by molar-refractivity contribution is 5.95. The van der Waals surface area contributed by atoms with Crippen LogP contribution in [0.4, 0.5) is 5.69 Å². The molecule has 1 unspecified atom stereocenters. The summed E-state index contributed by atoms with van der Waals surface area (Å²) in [4.78, 5) is 32.5. The molecule has 1 atom stereocenters. The van der Waals surface area contributed by atoms with Crippen molar-refractivity contribution in [3.05, 3.63) is 35.9 Å². The molecule has 1 rings (SSSR count). The number of carboxylic acids is 2. The fraction of sp³-hybridized carbons (Fsp3) is 0.214. The molecule has 0 saturated heterocycles. The Morgan fingerprint density at radius 2 is 1.81 bits per heavy atom. The summed E-state index contributed by atoms with van der Waals surface area (Å²) in [5.74, 6) is -2.52. The number of rotatable bonds is 7. The van der Waals surface area contributed by atoms with E-state index in [-0.39, 0.29) is 12.8 Å². The first-order chi connectivity index (χ1) is 9.88. The molecular weight excluding hydrogens is 276 g/mol. The van der Waals surface area contributed by atoms with E-state index in [2.05, 4.69) is 5.32 Å². The Morgan fingerprint density at radius 3 is 2.33 bits per heavy atom. The molecule has 21 heavy (non-hydrogen) atoms. The quantitative estimate of drug-likeness (QED) is 0.553. The van der Waals surface area contributed by atoms with Crippen LogP contribution >= 0.6 is 0 Å². The average Bonchev–Trinajstić information content (AvgIpc) is 2.43. The second-order valence-electron chi connectivity index (χ2n) is 4.32. The van der Waals surface area contributed by atoms with Crippen LogP contribution in [0.5, 0.6) is 0 Å². The highest BCUT2D eigenvalue weighted by atomic mass is 16.4. The van der Waals surface area contributed by atoms with Crippen molar-refractivity contribution in [1.29, 1.82) is 0 Å². The van der Waals surface area contributed by atoms with Crippen LogP contribution < -0.4 is 11.1 Å². The Labute approximate surface area is 121 Å². The van der Waals surface area contributed by atoms with Crippen LogP contribution in [0.1, 0.15) is 18.4 Å². The molecule has 1 aromatic carbocycles. The highest BCUT2D eigenvalue weighted by Gasteiger charge is 2.14. The van der Waals surface area contributed by atoms with E-state index in [9.17, 15) is 14.4 Å². The normalized spacial score (nSPS) is 12.0. The second kappa shape index (κ2) is 7.81.